The summed E-state index contributed by atoms with van der Waals surface area (Å²) in [5.41, 5.74) is 2.24. The second-order valence-corrected chi connectivity index (χ2v) is 7.59. The zero-order valence-corrected chi connectivity index (χ0v) is 16.7. The zero-order valence-electron chi connectivity index (χ0n) is 16.7. The highest BCUT2D eigenvalue weighted by atomic mass is 16.2. The molecule has 0 aliphatic carbocycles. The minimum atomic E-state index is 0.0899. The van der Waals surface area contributed by atoms with E-state index in [2.05, 4.69) is 46.7 Å². The molecule has 0 aromatic carbocycles. The molecule has 27 heavy (non-hydrogen) atoms. The lowest BCUT2D eigenvalue weighted by molar-refractivity contribution is 0.164. The van der Waals surface area contributed by atoms with Crippen molar-refractivity contribution >= 4 is 6.03 Å². The normalized spacial score (nSPS) is 16.3. The van der Waals surface area contributed by atoms with Crippen molar-refractivity contribution in [2.24, 2.45) is 5.92 Å². The van der Waals surface area contributed by atoms with Crippen LogP contribution in [0.4, 0.5) is 4.79 Å². The SMILES string of the molecule is CCC(C)NC(=O)N1CCC(CCn2c(C)cnc2-c2cccnc2)CC1. The van der Waals surface area contributed by atoms with E-state index in [0.717, 1.165) is 56.7 Å². The van der Waals surface area contributed by atoms with Gasteiger partial charge in [0, 0.05) is 55.5 Å². The number of likely N-dealkylation sites (tertiary alicyclic amines) is 1. The molecule has 1 atom stereocenters. The van der Waals surface area contributed by atoms with Gasteiger partial charge in [0.1, 0.15) is 5.82 Å². The minimum Gasteiger partial charge on any atom is -0.336 e. The van der Waals surface area contributed by atoms with Crippen LogP contribution in [0.25, 0.3) is 11.4 Å². The van der Waals surface area contributed by atoms with Crippen LogP contribution in [0.2, 0.25) is 0 Å². The number of nitrogens with one attached hydrogen (secondary N) is 1. The van der Waals surface area contributed by atoms with Crippen molar-refractivity contribution in [1.82, 2.24) is 24.8 Å². The summed E-state index contributed by atoms with van der Waals surface area (Å²) in [6.07, 6.45) is 9.82. The maximum Gasteiger partial charge on any atom is 0.317 e. The van der Waals surface area contributed by atoms with E-state index in [0.29, 0.717) is 5.92 Å². The number of carbonyl (C=O) groups is 1. The number of rotatable bonds is 6. The highest BCUT2D eigenvalue weighted by Gasteiger charge is 2.23. The van der Waals surface area contributed by atoms with Gasteiger partial charge >= 0.3 is 6.03 Å². The van der Waals surface area contributed by atoms with Gasteiger partial charge in [0.25, 0.3) is 0 Å². The van der Waals surface area contributed by atoms with Crippen LogP contribution in [0.15, 0.2) is 30.7 Å². The van der Waals surface area contributed by atoms with Crippen LogP contribution in [-0.4, -0.2) is 44.6 Å². The Hall–Kier alpha value is -2.37. The van der Waals surface area contributed by atoms with Crippen molar-refractivity contribution in [3.05, 3.63) is 36.4 Å². The predicted molar refractivity (Wildman–Crippen MR) is 107 cm³/mol. The van der Waals surface area contributed by atoms with Crippen LogP contribution < -0.4 is 5.32 Å². The average Bonchev–Trinajstić information content (AvgIpc) is 3.07. The van der Waals surface area contributed by atoms with Gasteiger partial charge in [0.15, 0.2) is 0 Å². The van der Waals surface area contributed by atoms with Gasteiger partial charge in [-0.25, -0.2) is 9.78 Å². The van der Waals surface area contributed by atoms with Crippen LogP contribution in [0.1, 0.15) is 45.2 Å². The van der Waals surface area contributed by atoms with Crippen molar-refractivity contribution < 1.29 is 4.79 Å². The fourth-order valence-electron chi connectivity index (χ4n) is 3.61. The zero-order chi connectivity index (χ0) is 19.2. The second-order valence-electron chi connectivity index (χ2n) is 7.59. The van der Waals surface area contributed by atoms with Crippen molar-refractivity contribution in [2.75, 3.05) is 13.1 Å². The Morgan fingerprint density at radius 3 is 2.78 bits per heavy atom. The molecule has 3 rings (SSSR count). The number of amides is 2. The number of hydrogen-bond acceptors (Lipinski definition) is 3. The first-order valence-electron chi connectivity index (χ1n) is 10.1. The molecular weight excluding hydrogens is 338 g/mol. The first-order chi connectivity index (χ1) is 13.1. The highest BCUT2D eigenvalue weighted by molar-refractivity contribution is 5.74. The van der Waals surface area contributed by atoms with E-state index in [4.69, 9.17) is 0 Å². The fourth-order valence-corrected chi connectivity index (χ4v) is 3.61. The molecular formula is C21H31N5O. The second kappa shape index (κ2) is 9.02. The van der Waals surface area contributed by atoms with E-state index in [9.17, 15) is 4.79 Å². The third kappa shape index (κ3) is 4.87. The maximum absolute atomic E-state index is 12.3. The van der Waals surface area contributed by atoms with E-state index >= 15 is 0 Å². The first kappa shape index (κ1) is 19.4. The predicted octanol–water partition coefficient (Wildman–Crippen LogP) is 3.86. The van der Waals surface area contributed by atoms with Gasteiger partial charge in [0.05, 0.1) is 0 Å². The molecule has 1 aliphatic heterocycles. The lowest BCUT2D eigenvalue weighted by Gasteiger charge is -2.33. The molecule has 1 fully saturated rings. The molecule has 1 aliphatic rings. The summed E-state index contributed by atoms with van der Waals surface area (Å²) in [5.74, 6) is 1.65. The minimum absolute atomic E-state index is 0.0899. The molecule has 1 unspecified atom stereocenters. The molecule has 2 aromatic heterocycles. The van der Waals surface area contributed by atoms with Crippen molar-refractivity contribution in [3.8, 4) is 11.4 Å². The smallest absolute Gasteiger partial charge is 0.317 e. The van der Waals surface area contributed by atoms with Gasteiger partial charge in [0.2, 0.25) is 0 Å². The van der Waals surface area contributed by atoms with Gasteiger partial charge in [-0.2, -0.15) is 0 Å². The Labute approximate surface area is 162 Å². The van der Waals surface area contributed by atoms with Gasteiger partial charge < -0.3 is 14.8 Å². The summed E-state index contributed by atoms with van der Waals surface area (Å²) >= 11 is 0. The van der Waals surface area contributed by atoms with Crippen LogP contribution >= 0.6 is 0 Å². The van der Waals surface area contributed by atoms with Crippen LogP contribution in [0, 0.1) is 12.8 Å². The van der Waals surface area contributed by atoms with Crippen molar-refractivity contribution in [2.45, 2.75) is 59.0 Å². The summed E-state index contributed by atoms with van der Waals surface area (Å²) in [6.45, 7) is 8.91. The van der Waals surface area contributed by atoms with E-state index in [-0.39, 0.29) is 12.1 Å². The largest absolute Gasteiger partial charge is 0.336 e. The maximum atomic E-state index is 12.3. The van der Waals surface area contributed by atoms with Gasteiger partial charge in [-0.3, -0.25) is 4.98 Å². The summed E-state index contributed by atoms with van der Waals surface area (Å²) in [4.78, 5) is 23.0. The number of aromatic nitrogens is 3. The molecule has 0 saturated carbocycles. The standard InChI is InChI=1S/C21H31N5O/c1-4-16(2)24-21(27)25-11-7-18(8-12-25)9-13-26-17(3)14-23-20(26)19-6-5-10-22-15-19/h5-6,10,14-16,18H,4,7-9,11-13H2,1-3H3,(H,24,27). The summed E-state index contributed by atoms with van der Waals surface area (Å²) in [5, 5.41) is 3.07. The number of imidazole rings is 1. The molecule has 0 radical (unpaired) electrons. The van der Waals surface area contributed by atoms with E-state index < -0.39 is 0 Å². The molecule has 0 spiro atoms. The molecule has 2 amide bonds. The fraction of sp³-hybridized carbons (Fsp3) is 0.571. The third-order valence-corrected chi connectivity index (χ3v) is 5.62. The van der Waals surface area contributed by atoms with Crippen molar-refractivity contribution in [1.29, 1.82) is 0 Å². The lowest BCUT2D eigenvalue weighted by Crippen LogP contribution is -2.47. The molecule has 6 nitrogen and oxygen atoms in total. The summed E-state index contributed by atoms with van der Waals surface area (Å²) in [7, 11) is 0. The highest BCUT2D eigenvalue weighted by Crippen LogP contribution is 2.24. The number of aryl methyl sites for hydroxylation is 1. The third-order valence-electron chi connectivity index (χ3n) is 5.62. The lowest BCUT2D eigenvalue weighted by atomic mass is 9.93. The van der Waals surface area contributed by atoms with Crippen molar-refractivity contribution in [3.63, 3.8) is 0 Å². The Kier molecular flexibility index (Phi) is 6.48. The molecule has 146 valence electrons. The molecule has 0 bridgehead atoms. The Morgan fingerprint density at radius 1 is 1.33 bits per heavy atom. The quantitative estimate of drug-likeness (QED) is 0.841. The van der Waals surface area contributed by atoms with Gasteiger partial charge in [-0.1, -0.05) is 6.92 Å². The number of urea groups is 1. The first-order valence-corrected chi connectivity index (χ1v) is 10.1. The van der Waals surface area contributed by atoms with E-state index in [1.165, 1.54) is 5.69 Å². The number of pyridine rings is 1. The summed E-state index contributed by atoms with van der Waals surface area (Å²) < 4.78 is 2.29. The molecule has 2 aromatic rings. The molecule has 1 N–H and O–H groups in total. The van der Waals surface area contributed by atoms with Gasteiger partial charge in [-0.15, -0.1) is 0 Å². The molecule has 6 heteroatoms. The number of piperidine rings is 1. The number of nitrogens with zero attached hydrogens (tertiary/aromatic N) is 4. The monoisotopic (exact) mass is 369 g/mol. The molecule has 3 heterocycles. The topological polar surface area (TPSA) is 63.1 Å². The number of hydrogen-bond donors (Lipinski definition) is 1. The van der Waals surface area contributed by atoms with E-state index in [1.807, 2.05) is 23.4 Å². The van der Waals surface area contributed by atoms with E-state index in [1.54, 1.807) is 6.20 Å². The molecule has 1 saturated heterocycles. The van der Waals surface area contributed by atoms with Crippen LogP contribution in [-0.2, 0) is 6.54 Å². The Bertz CT molecular complexity index is 734. The average molecular weight is 370 g/mol. The number of carbonyl (C=O) groups excluding carboxylic acids is 1. The van der Waals surface area contributed by atoms with Gasteiger partial charge in [-0.05, 0) is 57.6 Å². The summed E-state index contributed by atoms with van der Waals surface area (Å²) in [6, 6.07) is 4.33. The van der Waals surface area contributed by atoms with Crippen LogP contribution in [0.5, 0.6) is 0 Å². The Morgan fingerprint density at radius 2 is 2.11 bits per heavy atom. The van der Waals surface area contributed by atoms with Crippen LogP contribution in [0.3, 0.4) is 0 Å². The Balaban J connectivity index is 1.53.